The summed E-state index contributed by atoms with van der Waals surface area (Å²) in [7, 11) is 3.13. The summed E-state index contributed by atoms with van der Waals surface area (Å²) in [4.78, 5) is 29.3. The van der Waals surface area contributed by atoms with Gasteiger partial charge in [-0.3, -0.25) is 14.5 Å². The van der Waals surface area contributed by atoms with Gasteiger partial charge in [-0.25, -0.2) is 0 Å². The van der Waals surface area contributed by atoms with Gasteiger partial charge in [-0.2, -0.15) is 0 Å². The Bertz CT molecular complexity index is 1520. The predicted octanol–water partition coefficient (Wildman–Crippen LogP) is 5.74. The van der Waals surface area contributed by atoms with Crippen LogP contribution in [0.5, 0.6) is 11.5 Å². The number of hydrogen-bond acceptors (Lipinski definition) is 5. The number of ether oxygens (including phenoxy) is 2. The second-order valence-corrected chi connectivity index (χ2v) is 8.82. The van der Waals surface area contributed by atoms with Gasteiger partial charge in [0.1, 0.15) is 5.58 Å². The first kappa shape index (κ1) is 22.7. The van der Waals surface area contributed by atoms with Crippen LogP contribution < -0.4 is 19.8 Å². The number of carbonyl (C=O) groups excluding carboxylic acids is 1. The van der Waals surface area contributed by atoms with E-state index in [-0.39, 0.29) is 17.1 Å². The van der Waals surface area contributed by atoms with Crippen molar-refractivity contribution in [1.82, 2.24) is 0 Å². The maximum Gasteiger partial charge on any atom is 0.295 e. The molecule has 2 heterocycles. The molecule has 3 aromatic carbocycles. The maximum absolute atomic E-state index is 13.9. The van der Waals surface area contributed by atoms with Crippen LogP contribution in [0.3, 0.4) is 0 Å². The molecule has 5 rings (SSSR count). The number of carbonyl (C=O) groups is 1. The zero-order valence-electron chi connectivity index (χ0n) is 20.5. The van der Waals surface area contributed by atoms with Gasteiger partial charge < -0.3 is 13.9 Å². The highest BCUT2D eigenvalue weighted by molar-refractivity contribution is 6.10. The van der Waals surface area contributed by atoms with Crippen molar-refractivity contribution in [2.24, 2.45) is 0 Å². The second-order valence-electron chi connectivity index (χ2n) is 8.82. The fourth-order valence-corrected chi connectivity index (χ4v) is 4.72. The Kier molecular flexibility index (Phi) is 5.59. The average Bonchev–Trinajstić information content (AvgIpc) is 3.17. The minimum Gasteiger partial charge on any atom is -0.493 e. The lowest BCUT2D eigenvalue weighted by Gasteiger charge is -2.26. The number of methoxy groups -OCH3 is 2. The molecule has 1 amide bonds. The lowest BCUT2D eigenvalue weighted by atomic mass is 9.96. The Labute approximate surface area is 203 Å². The summed E-state index contributed by atoms with van der Waals surface area (Å²) in [5.74, 6) is 0.812. The summed E-state index contributed by atoms with van der Waals surface area (Å²) in [5.41, 5.74) is 5.10. The summed E-state index contributed by atoms with van der Waals surface area (Å²) in [5, 5.41) is 0.466. The number of nitrogens with zero attached hydrogens (tertiary/aromatic N) is 1. The van der Waals surface area contributed by atoms with Gasteiger partial charge in [0.2, 0.25) is 5.76 Å². The Morgan fingerprint density at radius 2 is 1.57 bits per heavy atom. The standard InChI is InChI=1S/C29H27NO5/c1-6-18-7-10-20(11-8-18)30-26(19-9-12-22(33-4)24(15-19)34-5)25-27(31)21-13-16(2)17(3)14-23(21)35-28(25)29(30)32/h7-15,26H,6H2,1-5H3. The van der Waals surface area contributed by atoms with Crippen molar-refractivity contribution in [3.05, 3.63) is 98.4 Å². The van der Waals surface area contributed by atoms with Gasteiger partial charge >= 0.3 is 0 Å². The summed E-state index contributed by atoms with van der Waals surface area (Å²) in [6.07, 6.45) is 0.887. The fraction of sp³-hybridized carbons (Fsp3) is 0.241. The van der Waals surface area contributed by atoms with E-state index in [4.69, 9.17) is 13.9 Å². The molecule has 1 unspecified atom stereocenters. The third-order valence-electron chi connectivity index (χ3n) is 6.83. The van der Waals surface area contributed by atoms with Gasteiger partial charge in [0, 0.05) is 5.69 Å². The molecule has 1 aromatic heterocycles. The van der Waals surface area contributed by atoms with Crippen LogP contribution in [0, 0.1) is 13.8 Å². The van der Waals surface area contributed by atoms with E-state index < -0.39 is 6.04 Å². The Hall–Kier alpha value is -4.06. The van der Waals surface area contributed by atoms with E-state index in [1.165, 1.54) is 0 Å². The highest BCUT2D eigenvalue weighted by Gasteiger charge is 2.44. The Morgan fingerprint density at radius 3 is 2.23 bits per heavy atom. The van der Waals surface area contributed by atoms with Gasteiger partial charge in [0.15, 0.2) is 16.9 Å². The molecule has 35 heavy (non-hydrogen) atoms. The molecule has 0 fully saturated rings. The van der Waals surface area contributed by atoms with Crippen LogP contribution >= 0.6 is 0 Å². The van der Waals surface area contributed by atoms with Crippen LogP contribution in [-0.2, 0) is 6.42 Å². The number of anilines is 1. The molecule has 1 atom stereocenters. The second kappa shape index (κ2) is 8.62. The number of fused-ring (bicyclic) bond motifs is 2. The SMILES string of the molecule is CCc1ccc(N2C(=O)c3oc4cc(C)c(C)cc4c(=O)c3C2c2ccc(OC)c(OC)c2)cc1. The molecule has 1 aliphatic heterocycles. The third kappa shape index (κ3) is 3.57. The van der Waals surface area contributed by atoms with Gasteiger partial charge in [0.05, 0.1) is 31.2 Å². The van der Waals surface area contributed by atoms with E-state index in [0.717, 1.165) is 28.7 Å². The number of rotatable bonds is 5. The van der Waals surface area contributed by atoms with E-state index in [2.05, 4.69) is 6.92 Å². The molecule has 4 aromatic rings. The molecular weight excluding hydrogens is 442 g/mol. The first-order valence-electron chi connectivity index (χ1n) is 11.6. The highest BCUT2D eigenvalue weighted by atomic mass is 16.5. The molecule has 178 valence electrons. The van der Waals surface area contributed by atoms with Crippen LogP contribution in [0.2, 0.25) is 0 Å². The molecule has 0 saturated carbocycles. The minimum absolute atomic E-state index is 0.0742. The van der Waals surface area contributed by atoms with Crippen LogP contribution in [-0.4, -0.2) is 20.1 Å². The first-order chi connectivity index (χ1) is 16.9. The molecule has 6 heteroatoms. The topological polar surface area (TPSA) is 69.0 Å². The Morgan fingerprint density at radius 1 is 0.886 bits per heavy atom. The van der Waals surface area contributed by atoms with Gasteiger partial charge in [-0.15, -0.1) is 0 Å². The summed E-state index contributed by atoms with van der Waals surface area (Å²) < 4.78 is 17.1. The van der Waals surface area contributed by atoms with Crippen LogP contribution in [0.1, 0.15) is 51.3 Å². The summed E-state index contributed by atoms with van der Waals surface area (Å²) in [6, 6.07) is 16.2. The van der Waals surface area contributed by atoms with Gasteiger partial charge in [0.25, 0.3) is 5.91 Å². The number of aryl methyl sites for hydroxylation is 3. The highest BCUT2D eigenvalue weighted by Crippen LogP contribution is 2.43. The number of benzene rings is 3. The van der Waals surface area contributed by atoms with Gasteiger partial charge in [-0.1, -0.05) is 25.1 Å². The van der Waals surface area contributed by atoms with E-state index in [9.17, 15) is 9.59 Å². The zero-order valence-corrected chi connectivity index (χ0v) is 20.5. The van der Waals surface area contributed by atoms with Crippen molar-refractivity contribution in [1.29, 1.82) is 0 Å². The summed E-state index contributed by atoms with van der Waals surface area (Å²) in [6.45, 7) is 5.99. The summed E-state index contributed by atoms with van der Waals surface area (Å²) >= 11 is 0. The molecule has 0 radical (unpaired) electrons. The van der Waals surface area contributed by atoms with E-state index >= 15 is 0 Å². The van der Waals surface area contributed by atoms with Crippen molar-refractivity contribution >= 4 is 22.6 Å². The third-order valence-corrected chi connectivity index (χ3v) is 6.83. The maximum atomic E-state index is 13.9. The largest absolute Gasteiger partial charge is 0.493 e. The predicted molar refractivity (Wildman–Crippen MR) is 136 cm³/mol. The molecule has 1 aliphatic rings. The number of hydrogen-bond donors (Lipinski definition) is 0. The molecule has 0 spiro atoms. The van der Waals surface area contributed by atoms with Crippen LogP contribution in [0.4, 0.5) is 5.69 Å². The van der Waals surface area contributed by atoms with Crippen molar-refractivity contribution in [3.8, 4) is 11.5 Å². The lowest BCUT2D eigenvalue weighted by molar-refractivity contribution is 0.0971. The molecule has 0 N–H and O–H groups in total. The lowest BCUT2D eigenvalue weighted by Crippen LogP contribution is -2.29. The molecule has 0 aliphatic carbocycles. The molecule has 6 nitrogen and oxygen atoms in total. The van der Waals surface area contributed by atoms with Crippen LogP contribution in [0.15, 0.2) is 63.8 Å². The van der Waals surface area contributed by atoms with E-state index in [1.807, 2.05) is 62.4 Å². The van der Waals surface area contributed by atoms with E-state index in [0.29, 0.717) is 33.7 Å². The zero-order chi connectivity index (χ0) is 24.9. The van der Waals surface area contributed by atoms with Crippen molar-refractivity contribution in [2.75, 3.05) is 19.1 Å². The first-order valence-corrected chi connectivity index (χ1v) is 11.6. The molecule has 0 saturated heterocycles. The Balaban J connectivity index is 1.80. The minimum atomic E-state index is -0.674. The van der Waals surface area contributed by atoms with Crippen molar-refractivity contribution in [2.45, 2.75) is 33.2 Å². The van der Waals surface area contributed by atoms with E-state index in [1.54, 1.807) is 25.2 Å². The van der Waals surface area contributed by atoms with Crippen LogP contribution in [0.25, 0.3) is 11.0 Å². The average molecular weight is 470 g/mol. The normalized spacial score (nSPS) is 14.9. The van der Waals surface area contributed by atoms with Crippen molar-refractivity contribution in [3.63, 3.8) is 0 Å². The van der Waals surface area contributed by atoms with Crippen molar-refractivity contribution < 1.29 is 18.7 Å². The molecule has 0 bridgehead atoms. The molecular formula is C29H27NO5. The quantitative estimate of drug-likeness (QED) is 0.373. The number of amides is 1. The fourth-order valence-electron chi connectivity index (χ4n) is 4.72. The smallest absolute Gasteiger partial charge is 0.295 e. The van der Waals surface area contributed by atoms with Gasteiger partial charge in [-0.05, 0) is 78.9 Å². The monoisotopic (exact) mass is 469 g/mol.